The fraction of sp³-hybridized carbons (Fsp3) is 0.0741. The van der Waals surface area contributed by atoms with Crippen LogP contribution < -0.4 is 5.32 Å². The number of imide groups is 1. The van der Waals surface area contributed by atoms with Crippen molar-refractivity contribution >= 4 is 67.4 Å². The molecule has 180 valence electrons. The van der Waals surface area contributed by atoms with Gasteiger partial charge in [0, 0.05) is 39.4 Å². The smallest absolute Gasteiger partial charge is 0.294 e. The van der Waals surface area contributed by atoms with E-state index in [9.17, 15) is 18.8 Å². The Balaban J connectivity index is 1.36. The minimum atomic E-state index is -0.545. The van der Waals surface area contributed by atoms with Crippen molar-refractivity contribution in [2.24, 2.45) is 0 Å². The number of aromatic nitrogens is 1. The largest absolute Gasteiger partial charge is 0.342 e. The second-order valence-corrected chi connectivity index (χ2v) is 10.1. The maximum Gasteiger partial charge on any atom is 0.294 e. The lowest BCUT2D eigenvalue weighted by molar-refractivity contribution is -0.127. The second-order valence-electron chi connectivity index (χ2n) is 8.18. The highest BCUT2D eigenvalue weighted by Crippen LogP contribution is 2.34. The third-order valence-corrected chi connectivity index (χ3v) is 7.11. The van der Waals surface area contributed by atoms with Crippen molar-refractivity contribution in [3.63, 3.8) is 0 Å². The van der Waals surface area contributed by atoms with Crippen LogP contribution in [0.15, 0.2) is 88.4 Å². The van der Waals surface area contributed by atoms with Gasteiger partial charge in [-0.1, -0.05) is 46.3 Å². The van der Waals surface area contributed by atoms with Gasteiger partial charge in [0.1, 0.15) is 12.4 Å². The van der Waals surface area contributed by atoms with E-state index in [1.54, 1.807) is 6.08 Å². The summed E-state index contributed by atoms with van der Waals surface area (Å²) in [5, 5.41) is 3.01. The first-order valence-electron chi connectivity index (χ1n) is 11.0. The number of anilines is 1. The van der Waals surface area contributed by atoms with E-state index in [1.165, 1.54) is 24.3 Å². The summed E-state index contributed by atoms with van der Waals surface area (Å²) in [7, 11) is 0. The number of carbonyl (C=O) groups is 3. The SMILES string of the molecule is O=C(CN1C(=O)S/C(=C\c2cn(Cc3ccc(Br)cc3)c3ccccc23)C1=O)Nc1ccc(F)cc1. The van der Waals surface area contributed by atoms with E-state index in [2.05, 4.69) is 25.8 Å². The van der Waals surface area contributed by atoms with Crippen LogP contribution in [-0.2, 0) is 16.1 Å². The van der Waals surface area contributed by atoms with Gasteiger partial charge in [0.05, 0.1) is 4.91 Å². The van der Waals surface area contributed by atoms with Crippen molar-refractivity contribution in [1.29, 1.82) is 0 Å². The molecule has 6 nitrogen and oxygen atoms in total. The van der Waals surface area contributed by atoms with Gasteiger partial charge in [-0.3, -0.25) is 19.3 Å². The standard InChI is InChI=1S/C27H19BrFN3O3S/c28-19-7-5-17(6-8-19)14-31-15-18(22-3-1-2-4-23(22)31)13-24-26(34)32(27(35)36-24)16-25(33)30-21-11-9-20(29)10-12-21/h1-13,15H,14,16H2,(H,30,33)/b24-13-. The van der Waals surface area contributed by atoms with Gasteiger partial charge in [0.2, 0.25) is 5.91 Å². The van der Waals surface area contributed by atoms with E-state index in [0.717, 1.165) is 43.2 Å². The molecular formula is C27H19BrFN3O3S. The molecule has 1 aliphatic heterocycles. The monoisotopic (exact) mass is 563 g/mol. The Morgan fingerprint density at radius 2 is 1.72 bits per heavy atom. The number of thioether (sulfide) groups is 1. The number of hydrogen-bond acceptors (Lipinski definition) is 4. The Kier molecular flexibility index (Phi) is 6.75. The normalized spacial score (nSPS) is 14.7. The van der Waals surface area contributed by atoms with E-state index < -0.39 is 29.4 Å². The minimum absolute atomic E-state index is 0.251. The van der Waals surface area contributed by atoms with E-state index >= 15 is 0 Å². The number of hydrogen-bond donors (Lipinski definition) is 1. The molecule has 0 unspecified atom stereocenters. The number of benzene rings is 3. The molecule has 0 saturated carbocycles. The van der Waals surface area contributed by atoms with E-state index in [1.807, 2.05) is 54.7 Å². The van der Waals surface area contributed by atoms with Crippen molar-refractivity contribution in [2.45, 2.75) is 6.54 Å². The molecule has 1 aromatic heterocycles. The van der Waals surface area contributed by atoms with E-state index in [-0.39, 0.29) is 4.91 Å². The number of nitrogens with zero attached hydrogens (tertiary/aromatic N) is 2. The van der Waals surface area contributed by atoms with Crippen LogP contribution in [0.5, 0.6) is 0 Å². The van der Waals surface area contributed by atoms with Crippen molar-refractivity contribution in [2.75, 3.05) is 11.9 Å². The van der Waals surface area contributed by atoms with Crippen LogP contribution in [0.2, 0.25) is 0 Å². The van der Waals surface area contributed by atoms with Gasteiger partial charge in [-0.15, -0.1) is 0 Å². The molecule has 1 N–H and O–H groups in total. The number of carbonyl (C=O) groups excluding carboxylic acids is 3. The number of halogens is 2. The molecule has 0 atom stereocenters. The average molecular weight is 564 g/mol. The summed E-state index contributed by atoms with van der Waals surface area (Å²) < 4.78 is 16.2. The highest BCUT2D eigenvalue weighted by molar-refractivity contribution is 9.10. The zero-order valence-corrected chi connectivity index (χ0v) is 21.2. The van der Waals surface area contributed by atoms with Gasteiger partial charge in [0.25, 0.3) is 11.1 Å². The molecule has 3 aromatic carbocycles. The quantitative estimate of drug-likeness (QED) is 0.281. The van der Waals surface area contributed by atoms with Gasteiger partial charge >= 0.3 is 0 Å². The van der Waals surface area contributed by atoms with Crippen molar-refractivity contribution in [3.8, 4) is 0 Å². The summed E-state index contributed by atoms with van der Waals surface area (Å²) in [6.45, 7) is 0.220. The fourth-order valence-corrected chi connectivity index (χ4v) is 5.06. The third-order valence-electron chi connectivity index (χ3n) is 5.68. The van der Waals surface area contributed by atoms with Crippen LogP contribution in [0, 0.1) is 5.82 Å². The summed E-state index contributed by atoms with van der Waals surface area (Å²) in [5.74, 6) is -1.50. The first-order chi connectivity index (χ1) is 17.4. The zero-order chi connectivity index (χ0) is 25.2. The van der Waals surface area contributed by atoms with Gasteiger partial charge in [-0.25, -0.2) is 4.39 Å². The molecule has 0 spiro atoms. The molecule has 9 heteroatoms. The molecule has 0 bridgehead atoms. The maximum absolute atomic E-state index is 13.1. The topological polar surface area (TPSA) is 71.4 Å². The fourth-order valence-electron chi connectivity index (χ4n) is 3.96. The molecule has 0 radical (unpaired) electrons. The Labute approximate surface area is 218 Å². The predicted octanol–water partition coefficient (Wildman–Crippen LogP) is 6.27. The molecular weight excluding hydrogens is 545 g/mol. The number of para-hydroxylation sites is 1. The number of nitrogens with one attached hydrogen (secondary N) is 1. The molecule has 1 saturated heterocycles. The molecule has 3 amide bonds. The Hall–Kier alpha value is -3.69. The number of fused-ring (bicyclic) bond motifs is 1. The molecule has 1 fully saturated rings. The Bertz CT molecular complexity index is 1510. The van der Waals surface area contributed by atoms with Gasteiger partial charge in [-0.2, -0.15) is 0 Å². The van der Waals surface area contributed by atoms with Gasteiger partial charge in [-0.05, 0) is 65.9 Å². The molecule has 2 heterocycles. The Morgan fingerprint density at radius 3 is 2.47 bits per heavy atom. The van der Waals surface area contributed by atoms with Crippen LogP contribution in [0.25, 0.3) is 17.0 Å². The summed E-state index contributed by atoms with van der Waals surface area (Å²) in [5.41, 5.74) is 3.31. The Morgan fingerprint density at radius 1 is 1.00 bits per heavy atom. The van der Waals surface area contributed by atoms with Crippen LogP contribution in [0.4, 0.5) is 14.9 Å². The molecule has 5 rings (SSSR count). The molecule has 1 aliphatic rings. The molecule has 0 aliphatic carbocycles. The van der Waals surface area contributed by atoms with Crippen molar-refractivity contribution in [1.82, 2.24) is 9.47 Å². The van der Waals surface area contributed by atoms with Crippen molar-refractivity contribution in [3.05, 3.63) is 105 Å². The number of amides is 3. The molecule has 4 aromatic rings. The highest BCUT2D eigenvalue weighted by Gasteiger charge is 2.36. The lowest BCUT2D eigenvalue weighted by Gasteiger charge is -2.12. The average Bonchev–Trinajstić information content (AvgIpc) is 3.34. The summed E-state index contributed by atoms with van der Waals surface area (Å²) in [6, 6.07) is 21.2. The summed E-state index contributed by atoms with van der Waals surface area (Å²) >= 11 is 4.26. The third kappa shape index (κ3) is 5.12. The first kappa shape index (κ1) is 24.0. The summed E-state index contributed by atoms with van der Waals surface area (Å²) in [4.78, 5) is 39.1. The van der Waals surface area contributed by atoms with Gasteiger partial charge < -0.3 is 9.88 Å². The van der Waals surface area contributed by atoms with Gasteiger partial charge in [0.15, 0.2) is 0 Å². The summed E-state index contributed by atoms with van der Waals surface area (Å²) in [6.07, 6.45) is 3.66. The second kappa shape index (κ2) is 10.1. The van der Waals surface area contributed by atoms with Crippen LogP contribution in [0.1, 0.15) is 11.1 Å². The van der Waals surface area contributed by atoms with Crippen LogP contribution in [0.3, 0.4) is 0 Å². The highest BCUT2D eigenvalue weighted by atomic mass is 79.9. The van der Waals surface area contributed by atoms with E-state index in [4.69, 9.17) is 0 Å². The van der Waals surface area contributed by atoms with Crippen LogP contribution in [-0.4, -0.2) is 33.1 Å². The van der Waals surface area contributed by atoms with Crippen LogP contribution >= 0.6 is 27.7 Å². The number of rotatable bonds is 6. The predicted molar refractivity (Wildman–Crippen MR) is 143 cm³/mol. The zero-order valence-electron chi connectivity index (χ0n) is 18.8. The van der Waals surface area contributed by atoms with E-state index in [0.29, 0.717) is 12.2 Å². The maximum atomic E-state index is 13.1. The van der Waals surface area contributed by atoms with Crippen molar-refractivity contribution < 1.29 is 18.8 Å². The lowest BCUT2D eigenvalue weighted by Crippen LogP contribution is -2.36. The lowest BCUT2D eigenvalue weighted by atomic mass is 10.1. The molecule has 36 heavy (non-hydrogen) atoms. The first-order valence-corrected chi connectivity index (χ1v) is 12.6. The minimum Gasteiger partial charge on any atom is -0.342 e.